The average molecular weight is 252 g/mol. The van der Waals surface area contributed by atoms with Gasteiger partial charge in [-0.3, -0.25) is 9.59 Å². The largest absolute Gasteiger partial charge is 0.466 e. The lowest BCUT2D eigenvalue weighted by molar-refractivity contribution is -0.143. The first kappa shape index (κ1) is 14.9. The minimum Gasteiger partial charge on any atom is -0.466 e. The molecule has 0 amide bonds. The van der Waals surface area contributed by atoms with E-state index in [-0.39, 0.29) is 11.9 Å². The second-order valence-corrected chi connectivity index (χ2v) is 4.95. The summed E-state index contributed by atoms with van der Waals surface area (Å²) >= 11 is 0. The van der Waals surface area contributed by atoms with E-state index in [0.29, 0.717) is 31.1 Å². The van der Waals surface area contributed by atoms with Crippen LogP contribution in [-0.2, 0) is 14.3 Å². The zero-order chi connectivity index (χ0) is 13.4. The molecule has 0 aromatic carbocycles. The maximum atomic E-state index is 12.0. The molecule has 1 saturated carbocycles. The average Bonchev–Trinajstić information content (AvgIpc) is 2.51. The minimum absolute atomic E-state index is 0.0689. The lowest BCUT2D eigenvalue weighted by atomic mass is 9.82. The summed E-state index contributed by atoms with van der Waals surface area (Å²) in [5.74, 6) is 0.592. The van der Waals surface area contributed by atoms with Crippen molar-refractivity contribution in [2.45, 2.75) is 51.9 Å². The number of ether oxygens (including phenoxy) is 1. The Kier molecular flexibility index (Phi) is 6.69. The molecule has 0 aliphatic heterocycles. The Morgan fingerprint density at radius 2 is 2.28 bits per heavy atom. The molecule has 3 nitrogen and oxygen atoms in total. The molecule has 1 aliphatic rings. The third-order valence-electron chi connectivity index (χ3n) is 3.68. The fraction of sp³-hybridized carbons (Fsp3) is 0.733. The Morgan fingerprint density at radius 3 is 2.94 bits per heavy atom. The van der Waals surface area contributed by atoms with Crippen LogP contribution >= 0.6 is 0 Å². The van der Waals surface area contributed by atoms with E-state index in [9.17, 15) is 9.59 Å². The molecule has 1 aliphatic carbocycles. The van der Waals surface area contributed by atoms with Gasteiger partial charge in [-0.1, -0.05) is 12.5 Å². The molecular formula is C15H24O3. The number of hydrogen-bond donors (Lipinski definition) is 0. The summed E-state index contributed by atoms with van der Waals surface area (Å²) in [5, 5.41) is 0. The van der Waals surface area contributed by atoms with Gasteiger partial charge in [0.2, 0.25) is 0 Å². The van der Waals surface area contributed by atoms with Crippen LogP contribution in [-0.4, -0.2) is 18.4 Å². The lowest BCUT2D eigenvalue weighted by Gasteiger charge is -2.22. The van der Waals surface area contributed by atoms with E-state index in [4.69, 9.17) is 4.74 Å². The minimum atomic E-state index is -0.147. The number of esters is 1. The number of carbonyl (C=O) groups is 2. The van der Waals surface area contributed by atoms with E-state index in [1.54, 1.807) is 0 Å². The third-order valence-corrected chi connectivity index (χ3v) is 3.68. The number of hydrogen-bond acceptors (Lipinski definition) is 3. The standard InChI is InChI=1S/C15H24O3/c1-3-7-13-12(8-5-6-9-14(13)16)10-11-15(17)18-4-2/h3,12-13H,1,4-11H2,2H3. The van der Waals surface area contributed by atoms with Gasteiger partial charge in [-0.25, -0.2) is 0 Å². The highest BCUT2D eigenvalue weighted by Gasteiger charge is 2.29. The van der Waals surface area contributed by atoms with Gasteiger partial charge in [0.25, 0.3) is 0 Å². The van der Waals surface area contributed by atoms with Gasteiger partial charge in [-0.15, -0.1) is 6.58 Å². The molecule has 0 N–H and O–H groups in total. The molecule has 2 atom stereocenters. The van der Waals surface area contributed by atoms with Gasteiger partial charge >= 0.3 is 5.97 Å². The molecular weight excluding hydrogens is 228 g/mol. The molecule has 0 aromatic rings. The molecule has 102 valence electrons. The van der Waals surface area contributed by atoms with E-state index in [2.05, 4.69) is 6.58 Å². The zero-order valence-electron chi connectivity index (χ0n) is 11.3. The second-order valence-electron chi connectivity index (χ2n) is 4.95. The van der Waals surface area contributed by atoms with Gasteiger partial charge in [-0.05, 0) is 38.5 Å². The van der Waals surface area contributed by atoms with Gasteiger partial charge in [-0.2, -0.15) is 0 Å². The van der Waals surface area contributed by atoms with Crippen LogP contribution in [0.4, 0.5) is 0 Å². The second kappa shape index (κ2) is 8.06. The highest BCUT2D eigenvalue weighted by atomic mass is 16.5. The highest BCUT2D eigenvalue weighted by molar-refractivity contribution is 5.81. The van der Waals surface area contributed by atoms with Crippen molar-refractivity contribution in [3.8, 4) is 0 Å². The first-order chi connectivity index (χ1) is 8.69. The maximum absolute atomic E-state index is 12.0. The molecule has 0 radical (unpaired) electrons. The van der Waals surface area contributed by atoms with Crippen LogP contribution < -0.4 is 0 Å². The van der Waals surface area contributed by atoms with E-state index < -0.39 is 0 Å². The van der Waals surface area contributed by atoms with E-state index in [1.165, 1.54) is 0 Å². The van der Waals surface area contributed by atoms with Gasteiger partial charge in [0.05, 0.1) is 6.61 Å². The summed E-state index contributed by atoms with van der Waals surface area (Å²) in [6.07, 6.45) is 7.58. The van der Waals surface area contributed by atoms with Crippen molar-refractivity contribution in [1.29, 1.82) is 0 Å². The zero-order valence-corrected chi connectivity index (χ0v) is 11.3. The molecule has 2 unspecified atom stereocenters. The van der Waals surface area contributed by atoms with Crippen molar-refractivity contribution in [3.05, 3.63) is 12.7 Å². The lowest BCUT2D eigenvalue weighted by Crippen LogP contribution is -2.22. The quantitative estimate of drug-likeness (QED) is 0.414. The van der Waals surface area contributed by atoms with Crippen LogP contribution in [0.3, 0.4) is 0 Å². The Bertz CT molecular complexity index is 296. The smallest absolute Gasteiger partial charge is 0.305 e. The van der Waals surface area contributed by atoms with Crippen LogP contribution in [0.2, 0.25) is 0 Å². The molecule has 0 aromatic heterocycles. The SMILES string of the molecule is C=CCC1C(=O)CCCCC1CCC(=O)OCC. The Balaban J connectivity index is 2.54. The van der Waals surface area contributed by atoms with E-state index >= 15 is 0 Å². The number of ketones is 1. The summed E-state index contributed by atoms with van der Waals surface area (Å²) in [5.41, 5.74) is 0. The molecule has 0 spiro atoms. The van der Waals surface area contributed by atoms with Gasteiger partial charge in [0.1, 0.15) is 5.78 Å². The number of rotatable bonds is 6. The van der Waals surface area contributed by atoms with E-state index in [0.717, 1.165) is 32.1 Å². The van der Waals surface area contributed by atoms with Crippen LogP contribution in [0, 0.1) is 11.8 Å². The van der Waals surface area contributed by atoms with Crippen LogP contribution in [0.15, 0.2) is 12.7 Å². The fourth-order valence-electron chi connectivity index (χ4n) is 2.74. The normalized spacial score (nSPS) is 24.4. The molecule has 1 fully saturated rings. The Hall–Kier alpha value is -1.12. The van der Waals surface area contributed by atoms with Gasteiger partial charge in [0, 0.05) is 18.8 Å². The molecule has 1 rings (SSSR count). The van der Waals surface area contributed by atoms with E-state index in [1.807, 2.05) is 13.0 Å². The summed E-state index contributed by atoms with van der Waals surface area (Å²) in [7, 11) is 0. The van der Waals surface area contributed by atoms with Crippen molar-refractivity contribution in [2.24, 2.45) is 11.8 Å². The van der Waals surface area contributed by atoms with Crippen molar-refractivity contribution < 1.29 is 14.3 Å². The van der Waals surface area contributed by atoms with Crippen molar-refractivity contribution in [1.82, 2.24) is 0 Å². The summed E-state index contributed by atoms with van der Waals surface area (Å²) in [6, 6.07) is 0. The van der Waals surface area contributed by atoms with Crippen molar-refractivity contribution in [2.75, 3.05) is 6.61 Å². The molecule has 18 heavy (non-hydrogen) atoms. The van der Waals surface area contributed by atoms with Crippen LogP contribution in [0.1, 0.15) is 51.9 Å². The molecule has 0 heterocycles. The summed E-state index contributed by atoms with van der Waals surface area (Å²) in [4.78, 5) is 23.4. The third kappa shape index (κ3) is 4.63. The fourth-order valence-corrected chi connectivity index (χ4v) is 2.74. The van der Waals surface area contributed by atoms with Crippen molar-refractivity contribution in [3.63, 3.8) is 0 Å². The van der Waals surface area contributed by atoms with Gasteiger partial charge < -0.3 is 4.74 Å². The summed E-state index contributed by atoms with van der Waals surface area (Å²) < 4.78 is 4.94. The van der Waals surface area contributed by atoms with Crippen LogP contribution in [0.25, 0.3) is 0 Å². The topological polar surface area (TPSA) is 43.4 Å². The summed E-state index contributed by atoms with van der Waals surface area (Å²) in [6.45, 7) is 5.98. The first-order valence-electron chi connectivity index (χ1n) is 6.98. The van der Waals surface area contributed by atoms with Crippen LogP contribution in [0.5, 0.6) is 0 Å². The first-order valence-corrected chi connectivity index (χ1v) is 6.98. The Morgan fingerprint density at radius 1 is 1.50 bits per heavy atom. The van der Waals surface area contributed by atoms with Gasteiger partial charge in [0.15, 0.2) is 0 Å². The molecule has 0 bridgehead atoms. The number of Topliss-reactive ketones (excluding diaryl/α,β-unsaturated/α-hetero) is 1. The van der Waals surface area contributed by atoms with Crippen molar-refractivity contribution >= 4 is 11.8 Å². The monoisotopic (exact) mass is 252 g/mol. The highest BCUT2D eigenvalue weighted by Crippen LogP contribution is 2.32. The maximum Gasteiger partial charge on any atom is 0.305 e. The predicted molar refractivity (Wildman–Crippen MR) is 71.1 cm³/mol. The predicted octanol–water partition coefficient (Wildman–Crippen LogP) is 3.28. The molecule has 0 saturated heterocycles. The molecule has 3 heteroatoms. The number of carbonyl (C=O) groups excluding carboxylic acids is 2. The Labute approximate surface area is 110 Å². The number of allylic oxidation sites excluding steroid dienone is 1.